The van der Waals surface area contributed by atoms with E-state index in [1.54, 1.807) is 49.1 Å². The molecule has 4 aromatic carbocycles. The van der Waals surface area contributed by atoms with Crippen LogP contribution in [0.1, 0.15) is 59.2 Å². The van der Waals surface area contributed by atoms with Crippen LogP contribution in [0.15, 0.2) is 103 Å². The Kier molecular flexibility index (Phi) is 11.6. The number of esters is 1. The van der Waals surface area contributed by atoms with Crippen molar-refractivity contribution in [1.82, 2.24) is 0 Å². The highest BCUT2D eigenvalue weighted by Crippen LogP contribution is 2.28. The summed E-state index contributed by atoms with van der Waals surface area (Å²) in [6.45, 7) is 5.31. The molecule has 218 valence electrons. The smallest absolute Gasteiger partial charge is 0.343 e. The molecule has 0 bridgehead atoms. The van der Waals surface area contributed by atoms with Crippen LogP contribution >= 0.6 is 0 Å². The van der Waals surface area contributed by atoms with Crippen LogP contribution in [0.25, 0.3) is 6.08 Å². The fraction of sp³-hybridized carbons (Fsp3) is 0.270. The van der Waals surface area contributed by atoms with E-state index < -0.39 is 0 Å². The van der Waals surface area contributed by atoms with Crippen molar-refractivity contribution < 1.29 is 23.7 Å². The number of carbonyl (C=O) groups excluding carboxylic acids is 1. The molecule has 1 fully saturated rings. The van der Waals surface area contributed by atoms with Gasteiger partial charge in [0, 0.05) is 0 Å². The van der Waals surface area contributed by atoms with Crippen LogP contribution in [0.2, 0.25) is 0 Å². The number of carbonyl (C=O) groups is 1. The molecule has 0 aromatic heterocycles. The van der Waals surface area contributed by atoms with Crippen LogP contribution < -0.4 is 18.9 Å². The SMILES string of the molecule is COc1ccc(C)cc1.Cc1ccc(OC(=O)c2ccc(OCCCCOc3ccc(C=C4CCC4)cc3)cc2)cc1. The molecular formula is C37H40O5. The van der Waals surface area contributed by atoms with Gasteiger partial charge in [0.05, 0.1) is 25.9 Å². The Labute approximate surface area is 249 Å². The van der Waals surface area contributed by atoms with Gasteiger partial charge in [-0.05, 0) is 112 Å². The molecular weight excluding hydrogens is 524 g/mol. The largest absolute Gasteiger partial charge is 0.497 e. The van der Waals surface area contributed by atoms with Crippen molar-refractivity contribution in [2.24, 2.45) is 0 Å². The second kappa shape index (κ2) is 16.1. The quantitative estimate of drug-likeness (QED) is 0.103. The average molecular weight is 565 g/mol. The van der Waals surface area contributed by atoms with E-state index >= 15 is 0 Å². The van der Waals surface area contributed by atoms with Gasteiger partial charge in [-0.25, -0.2) is 4.79 Å². The van der Waals surface area contributed by atoms with E-state index in [4.69, 9.17) is 18.9 Å². The lowest BCUT2D eigenvalue weighted by molar-refractivity contribution is 0.0734. The second-order valence-electron chi connectivity index (χ2n) is 10.4. The lowest BCUT2D eigenvalue weighted by Gasteiger charge is -2.15. The van der Waals surface area contributed by atoms with Gasteiger partial charge in [0.2, 0.25) is 0 Å². The molecule has 5 heteroatoms. The van der Waals surface area contributed by atoms with Crippen LogP contribution in [0.3, 0.4) is 0 Å². The highest BCUT2D eigenvalue weighted by Gasteiger charge is 2.09. The summed E-state index contributed by atoms with van der Waals surface area (Å²) in [7, 11) is 1.67. The fourth-order valence-electron chi connectivity index (χ4n) is 4.14. The predicted octanol–water partition coefficient (Wildman–Crippen LogP) is 9.02. The summed E-state index contributed by atoms with van der Waals surface area (Å²) in [6.07, 6.45) is 7.89. The number of hydrogen-bond acceptors (Lipinski definition) is 5. The van der Waals surface area contributed by atoms with Gasteiger partial charge in [-0.2, -0.15) is 0 Å². The third-order valence-electron chi connectivity index (χ3n) is 6.90. The molecule has 42 heavy (non-hydrogen) atoms. The maximum absolute atomic E-state index is 12.3. The van der Waals surface area contributed by atoms with Gasteiger partial charge < -0.3 is 18.9 Å². The first-order valence-electron chi connectivity index (χ1n) is 14.5. The van der Waals surface area contributed by atoms with E-state index in [-0.39, 0.29) is 5.97 Å². The molecule has 0 heterocycles. The summed E-state index contributed by atoms with van der Waals surface area (Å²) in [5.74, 6) is 2.71. The van der Waals surface area contributed by atoms with Crippen molar-refractivity contribution in [2.75, 3.05) is 20.3 Å². The Morgan fingerprint density at radius 2 is 1.12 bits per heavy atom. The lowest BCUT2D eigenvalue weighted by Crippen LogP contribution is -2.08. The molecule has 0 saturated heterocycles. The lowest BCUT2D eigenvalue weighted by atomic mass is 9.91. The van der Waals surface area contributed by atoms with Gasteiger partial charge >= 0.3 is 5.97 Å². The van der Waals surface area contributed by atoms with Crippen LogP contribution in [0.5, 0.6) is 23.0 Å². The van der Waals surface area contributed by atoms with Crippen LogP contribution in [0, 0.1) is 13.8 Å². The molecule has 1 aliphatic rings. The number of methoxy groups -OCH3 is 1. The number of ether oxygens (including phenoxy) is 4. The summed E-state index contributed by atoms with van der Waals surface area (Å²) >= 11 is 0. The number of benzene rings is 4. The Balaban J connectivity index is 0.000000385. The van der Waals surface area contributed by atoms with Gasteiger partial charge in [0.15, 0.2) is 0 Å². The molecule has 0 spiro atoms. The molecule has 5 rings (SSSR count). The highest BCUT2D eigenvalue weighted by atomic mass is 16.5. The Morgan fingerprint density at radius 3 is 1.60 bits per heavy atom. The first-order valence-corrected chi connectivity index (χ1v) is 14.5. The summed E-state index contributed by atoms with van der Waals surface area (Å²) in [5, 5.41) is 0. The molecule has 0 radical (unpaired) electrons. The Hall–Kier alpha value is -4.51. The van der Waals surface area contributed by atoms with E-state index in [0.717, 1.165) is 35.7 Å². The summed E-state index contributed by atoms with van der Waals surface area (Å²) < 4.78 is 22.0. The zero-order valence-electron chi connectivity index (χ0n) is 24.8. The standard InChI is InChI=1S/C29H30O4.C8H10O/c1-22-7-13-28(14-8-22)33-29(30)25-11-17-27(18-12-25)32-20-3-2-19-31-26-15-9-24(10-16-26)21-23-5-4-6-23;1-7-3-5-8(9-2)6-4-7/h7-18,21H,2-6,19-20H2,1H3;3-6H,1-2H3. The van der Waals surface area contributed by atoms with E-state index in [1.165, 1.54) is 30.4 Å². The molecule has 5 nitrogen and oxygen atoms in total. The molecule has 1 aliphatic carbocycles. The maximum Gasteiger partial charge on any atom is 0.343 e. The number of rotatable bonds is 11. The zero-order chi connectivity index (χ0) is 29.6. The summed E-state index contributed by atoms with van der Waals surface area (Å²) in [5.41, 5.74) is 5.66. The van der Waals surface area contributed by atoms with Crippen molar-refractivity contribution in [3.8, 4) is 23.0 Å². The third-order valence-corrected chi connectivity index (χ3v) is 6.90. The minimum atomic E-state index is -0.379. The molecule has 0 N–H and O–H groups in total. The molecule has 0 amide bonds. The number of unbranched alkanes of at least 4 members (excludes halogenated alkanes) is 1. The van der Waals surface area contributed by atoms with E-state index in [2.05, 4.69) is 25.1 Å². The number of aryl methyl sites for hydroxylation is 2. The normalized spacial score (nSPS) is 11.8. The highest BCUT2D eigenvalue weighted by molar-refractivity contribution is 5.91. The van der Waals surface area contributed by atoms with Gasteiger partial charge in [-0.15, -0.1) is 0 Å². The first-order chi connectivity index (χ1) is 20.5. The van der Waals surface area contributed by atoms with Gasteiger partial charge in [-0.3, -0.25) is 0 Å². The minimum absolute atomic E-state index is 0.379. The fourth-order valence-corrected chi connectivity index (χ4v) is 4.14. The zero-order valence-corrected chi connectivity index (χ0v) is 24.8. The van der Waals surface area contributed by atoms with Gasteiger partial charge in [0.1, 0.15) is 23.0 Å². The molecule has 1 saturated carbocycles. The Morgan fingerprint density at radius 1 is 0.643 bits per heavy atom. The van der Waals surface area contributed by atoms with Gasteiger partial charge in [0.25, 0.3) is 0 Å². The third kappa shape index (κ3) is 10.2. The minimum Gasteiger partial charge on any atom is -0.497 e. The summed E-state index contributed by atoms with van der Waals surface area (Å²) in [6, 6.07) is 30.7. The summed E-state index contributed by atoms with van der Waals surface area (Å²) in [4.78, 5) is 12.3. The number of allylic oxidation sites excluding steroid dienone is 1. The number of hydrogen-bond donors (Lipinski definition) is 0. The topological polar surface area (TPSA) is 54.0 Å². The molecule has 0 unspecified atom stereocenters. The maximum atomic E-state index is 12.3. The monoisotopic (exact) mass is 564 g/mol. The molecule has 0 atom stereocenters. The van der Waals surface area contributed by atoms with Crippen molar-refractivity contribution in [2.45, 2.75) is 46.0 Å². The van der Waals surface area contributed by atoms with Crippen LogP contribution in [0.4, 0.5) is 0 Å². The molecule has 0 aliphatic heterocycles. The van der Waals surface area contributed by atoms with Gasteiger partial charge in [-0.1, -0.05) is 59.2 Å². The molecule has 4 aromatic rings. The van der Waals surface area contributed by atoms with E-state index in [1.807, 2.05) is 55.5 Å². The van der Waals surface area contributed by atoms with Crippen molar-refractivity contribution in [3.63, 3.8) is 0 Å². The van der Waals surface area contributed by atoms with Crippen molar-refractivity contribution in [1.29, 1.82) is 0 Å². The second-order valence-corrected chi connectivity index (χ2v) is 10.4. The van der Waals surface area contributed by atoms with E-state index in [9.17, 15) is 4.79 Å². The Bertz CT molecular complexity index is 1400. The van der Waals surface area contributed by atoms with Crippen molar-refractivity contribution >= 4 is 12.0 Å². The van der Waals surface area contributed by atoms with E-state index in [0.29, 0.717) is 24.5 Å². The van der Waals surface area contributed by atoms with Crippen molar-refractivity contribution in [3.05, 3.63) is 125 Å². The average Bonchev–Trinajstić information content (AvgIpc) is 2.99. The predicted molar refractivity (Wildman–Crippen MR) is 169 cm³/mol. The van der Waals surface area contributed by atoms with Crippen LogP contribution in [-0.2, 0) is 0 Å². The van der Waals surface area contributed by atoms with Crippen LogP contribution in [-0.4, -0.2) is 26.3 Å². The first kappa shape index (κ1) is 30.4.